The highest BCUT2D eigenvalue weighted by molar-refractivity contribution is 4.49. The van der Waals surface area contributed by atoms with E-state index in [1.807, 2.05) is 53.9 Å². The molecule has 11 heteroatoms. The van der Waals surface area contributed by atoms with Gasteiger partial charge in [0.1, 0.15) is 0 Å². The summed E-state index contributed by atoms with van der Waals surface area (Å²) in [7, 11) is 0. The van der Waals surface area contributed by atoms with Crippen LogP contribution in [0.4, 0.5) is 0 Å². The molecule has 0 saturated carbocycles. The highest BCUT2D eigenvalue weighted by Crippen LogP contribution is 1.98. The molecule has 0 spiro atoms. The minimum absolute atomic E-state index is 0. The Hall–Kier alpha value is -0.440. The molecule has 0 atom stereocenters. The standard InChI is InChI=1S/11C12H27N.11H/c11*1-4-7-10-13(11-8-5-2)12-9-6-3;;;;;;;;;;;/h11*4-12H2,1-3H3;;;;;;;;;;;/q;;;;;;;;;;;11*-1/p+11. The van der Waals surface area contributed by atoms with E-state index in [2.05, 4.69) is 228 Å². The number of hydrogen-bond acceptors (Lipinski definition) is 0. The van der Waals surface area contributed by atoms with Crippen LogP contribution in [0.3, 0.4) is 0 Å². The molecule has 0 aromatic rings. The monoisotopic (exact) mass is 2060 g/mol. The van der Waals surface area contributed by atoms with E-state index in [1.54, 1.807) is 0 Å². The maximum absolute atomic E-state index is 2.29. The van der Waals surface area contributed by atoms with Crippen LogP contribution < -0.4 is 53.9 Å². The van der Waals surface area contributed by atoms with E-state index >= 15 is 0 Å². The summed E-state index contributed by atoms with van der Waals surface area (Å²) in [5, 5.41) is 0. The van der Waals surface area contributed by atoms with Crippen molar-refractivity contribution in [2.75, 3.05) is 216 Å². The van der Waals surface area contributed by atoms with Crippen molar-refractivity contribution in [2.45, 2.75) is 652 Å². The van der Waals surface area contributed by atoms with Gasteiger partial charge in [-0.05, 0) is 212 Å². The van der Waals surface area contributed by atoms with Crippen molar-refractivity contribution < 1.29 is 69.6 Å². The Bertz CT molecular complexity index is 1310. The fourth-order valence-corrected chi connectivity index (χ4v) is 18.2. The predicted octanol–water partition coefficient (Wildman–Crippen LogP) is 26.2. The Balaban J connectivity index is -0.0000000618. The zero-order valence-corrected chi connectivity index (χ0v) is 109. The molecule has 0 radical (unpaired) electrons. The molecule has 0 aromatic heterocycles. The summed E-state index contributed by atoms with van der Waals surface area (Å²) < 4.78 is 0. The lowest BCUT2D eigenvalue weighted by Crippen LogP contribution is -3.12. The molecule has 0 saturated heterocycles. The molecule has 0 unspecified atom stereocenters. The number of nitrogens with one attached hydrogen (secondary N) is 11. The first-order valence-corrected chi connectivity index (χ1v) is 68.0. The number of rotatable bonds is 99. The summed E-state index contributed by atoms with van der Waals surface area (Å²) in [4.78, 5) is 20.2. The first kappa shape index (κ1) is 165. The Morgan fingerprint density at radius 1 is 0.0629 bits per heavy atom. The van der Waals surface area contributed by atoms with Crippen LogP contribution in [-0.4, -0.2) is 216 Å². The third-order valence-corrected chi connectivity index (χ3v) is 29.2. The zero-order chi connectivity index (χ0) is 109. The molecule has 0 amide bonds. The van der Waals surface area contributed by atoms with E-state index < -0.39 is 0 Å². The van der Waals surface area contributed by atoms with Gasteiger partial charge in [-0.1, -0.05) is 440 Å². The topological polar surface area (TPSA) is 48.8 Å². The smallest absolute Gasteiger partial charge is 0.0770 e. The maximum atomic E-state index is 2.29. The summed E-state index contributed by atoms with van der Waals surface area (Å²) in [6.45, 7) is 122. The van der Waals surface area contributed by atoms with Crippen molar-refractivity contribution in [2.24, 2.45) is 0 Å². The van der Waals surface area contributed by atoms with Crippen molar-refractivity contribution in [1.82, 2.24) is 0 Å². The number of hydrogen-bond donors (Lipinski definition) is 11. The largest absolute Gasteiger partial charge is 1.00 e. The van der Waals surface area contributed by atoms with E-state index in [1.165, 1.54) is 640 Å². The van der Waals surface area contributed by atoms with Gasteiger partial charge in [0.25, 0.3) is 0 Å². The summed E-state index contributed by atoms with van der Waals surface area (Å²) >= 11 is 0. The van der Waals surface area contributed by atoms with Crippen LogP contribution >= 0.6 is 0 Å². The Kier molecular flexibility index (Phi) is 187. The molecule has 11 N–H and O–H groups in total. The molecule has 0 aliphatic heterocycles. The van der Waals surface area contributed by atoms with Crippen LogP contribution in [0.2, 0.25) is 0 Å². The molecule has 0 bridgehead atoms. The minimum Gasteiger partial charge on any atom is -1.00 e. The molecular formula is C132H319N11. The number of unbranched alkanes of at least 4 members (excludes halogenated alkanes) is 33. The van der Waals surface area contributed by atoms with Crippen LogP contribution in [0.15, 0.2) is 0 Å². The van der Waals surface area contributed by atoms with Gasteiger partial charge in [-0.15, -0.1) is 0 Å². The molecule has 0 heterocycles. The highest BCUT2D eigenvalue weighted by atomic mass is 15.2. The highest BCUT2D eigenvalue weighted by Gasteiger charge is 2.15. The molecular weight excluding hydrogens is 1740 g/mol. The SMILES string of the molecule is CCCC[NH+](CCCC)CCCC.CCCC[NH+](CCCC)CCCC.CCCC[NH+](CCCC)CCCC.CCCC[NH+](CCCC)CCCC.CCCC[NH+](CCCC)CCCC.CCCC[NH+](CCCC)CCCC.CCCC[NH+](CCCC)CCCC.CCCC[NH+](CCCC)CCCC.CCCC[NH+](CCCC)CCCC.CCCC[NH+](CCCC)CCCC.CCCC[NH+](CCCC)CCCC.[H-].[H-].[H-].[H-].[H-].[H-].[H-].[H-].[H-].[H-].[H-]. The van der Waals surface area contributed by atoms with Gasteiger partial charge < -0.3 is 69.6 Å². The fraction of sp³-hybridized carbons (Fsp3) is 1.00. The third-order valence-electron chi connectivity index (χ3n) is 29.2. The van der Waals surface area contributed by atoms with Gasteiger partial charge in [-0.25, -0.2) is 0 Å². The first-order valence-electron chi connectivity index (χ1n) is 68.0. The van der Waals surface area contributed by atoms with Crippen LogP contribution in [0.1, 0.15) is 668 Å². The van der Waals surface area contributed by atoms with Gasteiger partial charge in [0.15, 0.2) is 0 Å². The van der Waals surface area contributed by atoms with E-state index in [0.717, 1.165) is 0 Å². The van der Waals surface area contributed by atoms with Crippen LogP contribution in [0.25, 0.3) is 0 Å². The lowest BCUT2D eigenvalue weighted by atomic mass is 10.2. The Morgan fingerprint density at radius 2 is 0.0909 bits per heavy atom. The van der Waals surface area contributed by atoms with Gasteiger partial charge in [0.2, 0.25) is 0 Å². The average molecular weight is 2060 g/mol. The summed E-state index contributed by atoms with van der Waals surface area (Å²) in [5.41, 5.74) is 0. The predicted molar refractivity (Wildman–Crippen MR) is 675 cm³/mol. The molecule has 0 fully saturated rings. The quantitative estimate of drug-likeness (QED) is 0.0288. The van der Waals surface area contributed by atoms with E-state index in [-0.39, 0.29) is 15.7 Å². The minimum atomic E-state index is 0. The second-order valence-corrected chi connectivity index (χ2v) is 44.7. The second kappa shape index (κ2) is 162. The van der Waals surface area contributed by atoms with E-state index in [4.69, 9.17) is 0 Å². The first-order chi connectivity index (χ1) is 69.8. The van der Waals surface area contributed by atoms with Crippen molar-refractivity contribution >= 4 is 0 Å². The lowest BCUT2D eigenvalue weighted by molar-refractivity contribution is -0.900. The molecule has 143 heavy (non-hydrogen) atoms. The Labute approximate surface area is 932 Å². The van der Waals surface area contributed by atoms with Crippen molar-refractivity contribution in [3.05, 3.63) is 0 Å². The molecule has 0 aliphatic rings. The molecule has 0 aromatic carbocycles. The van der Waals surface area contributed by atoms with Crippen molar-refractivity contribution in [3.63, 3.8) is 0 Å². The molecule has 0 rings (SSSR count). The van der Waals surface area contributed by atoms with E-state index in [9.17, 15) is 0 Å². The normalized spacial score (nSPS) is 11.1. The average Bonchev–Trinajstić information content (AvgIpc) is 1.08. The van der Waals surface area contributed by atoms with Crippen molar-refractivity contribution in [3.8, 4) is 0 Å². The number of quaternary nitrogens is 11. The Morgan fingerprint density at radius 3 is 0.112 bits per heavy atom. The van der Waals surface area contributed by atoms with Crippen LogP contribution in [0.5, 0.6) is 0 Å². The third kappa shape index (κ3) is 159. The van der Waals surface area contributed by atoms with Crippen LogP contribution in [-0.2, 0) is 0 Å². The maximum Gasteiger partial charge on any atom is 0.0770 e. The van der Waals surface area contributed by atoms with Gasteiger partial charge in [-0.2, -0.15) is 0 Å². The second-order valence-electron chi connectivity index (χ2n) is 44.7. The van der Waals surface area contributed by atoms with Gasteiger partial charge in [0.05, 0.1) is 216 Å². The van der Waals surface area contributed by atoms with Crippen molar-refractivity contribution in [1.29, 1.82) is 0 Å². The molecule has 0 aliphatic carbocycles. The van der Waals surface area contributed by atoms with Gasteiger partial charge >= 0.3 is 0 Å². The summed E-state index contributed by atoms with van der Waals surface area (Å²) in [6, 6.07) is 0. The molecule has 902 valence electrons. The fourth-order valence-electron chi connectivity index (χ4n) is 18.2. The van der Waals surface area contributed by atoms with E-state index in [0.29, 0.717) is 0 Å². The van der Waals surface area contributed by atoms with Crippen LogP contribution in [0, 0.1) is 0 Å². The summed E-state index contributed by atoms with van der Waals surface area (Å²) in [5.74, 6) is 0. The van der Waals surface area contributed by atoms with Gasteiger partial charge in [0, 0.05) is 0 Å². The lowest BCUT2D eigenvalue weighted by Gasteiger charge is -2.18. The van der Waals surface area contributed by atoms with Gasteiger partial charge in [-0.3, -0.25) is 0 Å². The summed E-state index contributed by atoms with van der Waals surface area (Å²) in [6.07, 6.45) is 90.9. The zero-order valence-electron chi connectivity index (χ0n) is 120. The molecule has 11 nitrogen and oxygen atoms in total.